The summed E-state index contributed by atoms with van der Waals surface area (Å²) in [6.45, 7) is 7.41. The fourth-order valence-electron chi connectivity index (χ4n) is 1.78. The Morgan fingerprint density at radius 1 is 1.62 bits per heavy atom. The highest BCUT2D eigenvalue weighted by atomic mass is 16.5. The predicted molar refractivity (Wildman–Crippen MR) is 61.1 cm³/mol. The van der Waals surface area contributed by atoms with Crippen LogP contribution in [0.4, 0.5) is 0 Å². The number of aliphatic hydroxyl groups is 1. The summed E-state index contributed by atoms with van der Waals surface area (Å²) in [7, 11) is 0. The van der Waals surface area contributed by atoms with Gasteiger partial charge in [0, 0.05) is 19.7 Å². The van der Waals surface area contributed by atoms with Crippen molar-refractivity contribution < 1.29 is 14.6 Å². The van der Waals surface area contributed by atoms with E-state index >= 15 is 0 Å². The lowest BCUT2D eigenvalue weighted by molar-refractivity contribution is -0.124. The van der Waals surface area contributed by atoms with Crippen LogP contribution in [0, 0.1) is 0 Å². The Labute approximate surface area is 96.6 Å². The molecule has 1 heterocycles. The van der Waals surface area contributed by atoms with Crippen molar-refractivity contribution in [2.45, 2.75) is 44.9 Å². The number of hydrogen-bond acceptors (Lipinski definition) is 4. The molecule has 1 amide bonds. The molecule has 0 bridgehead atoms. The van der Waals surface area contributed by atoms with Crippen LogP contribution in [0.1, 0.15) is 27.2 Å². The number of amides is 1. The van der Waals surface area contributed by atoms with Crippen molar-refractivity contribution in [3.63, 3.8) is 0 Å². The molecule has 1 rings (SSSR count). The third-order valence-corrected chi connectivity index (χ3v) is 2.65. The monoisotopic (exact) mass is 230 g/mol. The fraction of sp³-hybridized carbons (Fsp3) is 0.909. The first kappa shape index (κ1) is 13.4. The molecule has 2 atom stereocenters. The number of nitrogens with one attached hydrogen (secondary N) is 2. The van der Waals surface area contributed by atoms with Gasteiger partial charge in [-0.2, -0.15) is 0 Å². The number of β-amino-alcohol motifs (C(OH)–C–C–N with tert-alkyl or cyclic N) is 1. The van der Waals surface area contributed by atoms with Gasteiger partial charge in [0.1, 0.15) is 0 Å². The van der Waals surface area contributed by atoms with Gasteiger partial charge in [0.2, 0.25) is 5.91 Å². The van der Waals surface area contributed by atoms with Crippen molar-refractivity contribution in [1.29, 1.82) is 0 Å². The Bertz CT molecular complexity index is 243. The maximum atomic E-state index is 11.7. The Morgan fingerprint density at radius 3 is 2.81 bits per heavy atom. The van der Waals surface area contributed by atoms with E-state index in [0.29, 0.717) is 26.1 Å². The van der Waals surface area contributed by atoms with Crippen LogP contribution in [0.25, 0.3) is 0 Å². The van der Waals surface area contributed by atoms with Crippen LogP contribution in [0.3, 0.4) is 0 Å². The number of carbonyl (C=O) groups is 1. The minimum Gasteiger partial charge on any atom is -0.392 e. The summed E-state index contributed by atoms with van der Waals surface area (Å²) in [4.78, 5) is 11.7. The quantitative estimate of drug-likeness (QED) is 0.603. The lowest BCUT2D eigenvalue weighted by Gasteiger charge is -2.25. The van der Waals surface area contributed by atoms with Gasteiger partial charge in [-0.25, -0.2) is 0 Å². The minimum absolute atomic E-state index is 0.0654. The Morgan fingerprint density at radius 2 is 2.31 bits per heavy atom. The first-order valence-corrected chi connectivity index (χ1v) is 5.77. The summed E-state index contributed by atoms with van der Waals surface area (Å²) in [5, 5.41) is 15.1. The van der Waals surface area contributed by atoms with Crippen molar-refractivity contribution in [1.82, 2.24) is 10.6 Å². The first-order valence-electron chi connectivity index (χ1n) is 5.77. The molecule has 2 unspecified atom stereocenters. The van der Waals surface area contributed by atoms with E-state index in [9.17, 15) is 9.90 Å². The zero-order valence-electron chi connectivity index (χ0n) is 10.2. The SMILES string of the molecule is CCOC(C)(C)CNC(=O)C1CC(O)CN1. The molecule has 0 spiro atoms. The zero-order valence-corrected chi connectivity index (χ0v) is 10.2. The van der Waals surface area contributed by atoms with Gasteiger partial charge in [-0.15, -0.1) is 0 Å². The van der Waals surface area contributed by atoms with E-state index in [2.05, 4.69) is 10.6 Å². The van der Waals surface area contributed by atoms with E-state index in [1.54, 1.807) is 0 Å². The Balaban J connectivity index is 2.29. The first-order chi connectivity index (χ1) is 7.44. The molecule has 0 aromatic rings. The van der Waals surface area contributed by atoms with Gasteiger partial charge in [-0.1, -0.05) is 0 Å². The van der Waals surface area contributed by atoms with Gasteiger partial charge in [0.25, 0.3) is 0 Å². The molecule has 0 saturated carbocycles. The summed E-state index contributed by atoms with van der Waals surface area (Å²) < 4.78 is 5.48. The fourth-order valence-corrected chi connectivity index (χ4v) is 1.78. The lowest BCUT2D eigenvalue weighted by atomic mass is 10.1. The van der Waals surface area contributed by atoms with Crippen LogP contribution in [-0.2, 0) is 9.53 Å². The molecule has 94 valence electrons. The minimum atomic E-state index is -0.407. The smallest absolute Gasteiger partial charge is 0.237 e. The second-order valence-corrected chi connectivity index (χ2v) is 4.76. The molecule has 0 radical (unpaired) electrons. The molecule has 1 saturated heterocycles. The molecule has 1 fully saturated rings. The highest BCUT2D eigenvalue weighted by Gasteiger charge is 2.29. The molecule has 5 heteroatoms. The van der Waals surface area contributed by atoms with E-state index in [4.69, 9.17) is 4.74 Å². The Kier molecular flexibility index (Phi) is 4.70. The molecule has 1 aliphatic heterocycles. The third kappa shape index (κ3) is 4.08. The zero-order chi connectivity index (χ0) is 12.2. The topological polar surface area (TPSA) is 70.6 Å². The van der Waals surface area contributed by atoms with E-state index in [1.807, 2.05) is 20.8 Å². The summed E-state index contributed by atoms with van der Waals surface area (Å²) >= 11 is 0. The summed E-state index contributed by atoms with van der Waals surface area (Å²) in [6, 6.07) is -0.271. The largest absolute Gasteiger partial charge is 0.392 e. The van der Waals surface area contributed by atoms with Gasteiger partial charge in [-0.05, 0) is 27.2 Å². The number of hydrogen-bond donors (Lipinski definition) is 3. The predicted octanol–water partition coefficient (Wildman–Crippen LogP) is -0.359. The van der Waals surface area contributed by atoms with Crippen molar-refractivity contribution in [2.24, 2.45) is 0 Å². The maximum Gasteiger partial charge on any atom is 0.237 e. The van der Waals surface area contributed by atoms with Crippen LogP contribution in [-0.4, -0.2) is 48.5 Å². The molecular weight excluding hydrogens is 208 g/mol. The van der Waals surface area contributed by atoms with E-state index in [1.165, 1.54) is 0 Å². The molecule has 3 N–H and O–H groups in total. The van der Waals surface area contributed by atoms with Crippen molar-refractivity contribution >= 4 is 5.91 Å². The van der Waals surface area contributed by atoms with Gasteiger partial charge in [0.05, 0.1) is 17.7 Å². The highest BCUT2D eigenvalue weighted by molar-refractivity contribution is 5.82. The van der Waals surface area contributed by atoms with E-state index < -0.39 is 6.10 Å². The van der Waals surface area contributed by atoms with Crippen LogP contribution >= 0.6 is 0 Å². The summed E-state index contributed by atoms with van der Waals surface area (Å²) in [6.07, 6.45) is 0.0802. The summed E-state index contributed by atoms with van der Waals surface area (Å²) in [5.41, 5.74) is -0.346. The summed E-state index contributed by atoms with van der Waals surface area (Å²) in [5.74, 6) is -0.0654. The number of aliphatic hydroxyl groups excluding tert-OH is 1. The Hall–Kier alpha value is -0.650. The number of carbonyl (C=O) groups excluding carboxylic acids is 1. The van der Waals surface area contributed by atoms with E-state index in [0.717, 1.165) is 0 Å². The van der Waals surface area contributed by atoms with Crippen molar-refractivity contribution in [3.05, 3.63) is 0 Å². The molecule has 16 heavy (non-hydrogen) atoms. The van der Waals surface area contributed by atoms with Gasteiger partial charge in [0.15, 0.2) is 0 Å². The van der Waals surface area contributed by atoms with E-state index in [-0.39, 0.29) is 17.6 Å². The van der Waals surface area contributed by atoms with Crippen molar-refractivity contribution in [2.75, 3.05) is 19.7 Å². The third-order valence-electron chi connectivity index (χ3n) is 2.65. The maximum absolute atomic E-state index is 11.7. The normalized spacial score (nSPS) is 25.8. The van der Waals surface area contributed by atoms with Crippen LogP contribution in [0.2, 0.25) is 0 Å². The average Bonchev–Trinajstić information content (AvgIpc) is 2.61. The molecule has 0 aromatic heterocycles. The van der Waals surface area contributed by atoms with Crippen molar-refractivity contribution in [3.8, 4) is 0 Å². The van der Waals surface area contributed by atoms with Crippen LogP contribution < -0.4 is 10.6 Å². The van der Waals surface area contributed by atoms with Gasteiger partial charge >= 0.3 is 0 Å². The second kappa shape index (κ2) is 5.61. The van der Waals surface area contributed by atoms with Gasteiger partial charge < -0.3 is 20.5 Å². The second-order valence-electron chi connectivity index (χ2n) is 4.76. The number of ether oxygens (including phenoxy) is 1. The molecular formula is C11H22N2O3. The number of rotatable bonds is 5. The highest BCUT2D eigenvalue weighted by Crippen LogP contribution is 2.09. The molecule has 5 nitrogen and oxygen atoms in total. The lowest BCUT2D eigenvalue weighted by Crippen LogP contribution is -2.46. The van der Waals surface area contributed by atoms with Crippen LogP contribution in [0.5, 0.6) is 0 Å². The molecule has 0 aliphatic carbocycles. The van der Waals surface area contributed by atoms with Crippen LogP contribution in [0.15, 0.2) is 0 Å². The van der Waals surface area contributed by atoms with Gasteiger partial charge in [-0.3, -0.25) is 4.79 Å². The average molecular weight is 230 g/mol. The molecule has 0 aromatic carbocycles. The standard InChI is InChI=1S/C11H22N2O3/c1-4-16-11(2,3)7-13-10(15)9-5-8(14)6-12-9/h8-9,12,14H,4-7H2,1-3H3,(H,13,15). The molecule has 1 aliphatic rings.